The van der Waals surface area contributed by atoms with Crippen molar-refractivity contribution in [2.75, 3.05) is 0 Å². The minimum absolute atomic E-state index is 0.104. The number of sulfonamides is 1. The predicted molar refractivity (Wildman–Crippen MR) is 52.7 cm³/mol. The van der Waals surface area contributed by atoms with Crippen LogP contribution in [-0.4, -0.2) is 8.42 Å². The maximum absolute atomic E-state index is 11.1. The van der Waals surface area contributed by atoms with Crippen molar-refractivity contribution in [2.45, 2.75) is 18.7 Å². The number of primary sulfonamides is 1. The van der Waals surface area contributed by atoms with E-state index in [1.807, 2.05) is 0 Å². The van der Waals surface area contributed by atoms with E-state index in [0.29, 0.717) is 5.56 Å². The highest BCUT2D eigenvalue weighted by Crippen LogP contribution is 2.29. The first-order chi connectivity index (χ1) is 6.38. The summed E-state index contributed by atoms with van der Waals surface area (Å²) in [7, 11) is -3.88. The number of nitrogens with zero attached hydrogens (tertiary/aromatic N) is 1. The number of rotatable bonds is 2. The lowest BCUT2D eigenvalue weighted by Gasteiger charge is -2.06. The highest BCUT2D eigenvalue weighted by atomic mass is 32.2. The molecule has 0 heterocycles. The molecule has 0 saturated heterocycles. The molecule has 1 rings (SSSR count). The fourth-order valence-corrected chi connectivity index (χ4v) is 1.84. The Morgan fingerprint density at radius 1 is 1.29 bits per heavy atom. The van der Waals surface area contributed by atoms with E-state index in [9.17, 15) is 13.3 Å². The summed E-state index contributed by atoms with van der Waals surface area (Å²) in [6, 6.07) is 2.87. The molecule has 0 radical (unpaired) electrons. The average Bonchev–Trinajstić information content (AvgIpc) is 2.07. The maximum Gasteiger partial charge on any atom is 0.240 e. The number of hydrogen-bond donors (Lipinski definition) is 1. The Labute approximate surface area is 82.0 Å². The lowest BCUT2D eigenvalue weighted by atomic mass is 10.1. The molecule has 0 fully saturated rings. The third kappa shape index (κ3) is 1.80. The predicted octanol–water partition coefficient (Wildman–Crippen LogP) is 1.35. The van der Waals surface area contributed by atoms with Gasteiger partial charge in [0.05, 0.1) is 0 Å². The first kappa shape index (κ1) is 10.8. The SMILES string of the molecule is Cc1ccc(S(N)(=O)=O)c(N=O)c1C. The third-order valence-electron chi connectivity index (χ3n) is 2.06. The van der Waals surface area contributed by atoms with Crippen molar-refractivity contribution in [1.29, 1.82) is 0 Å². The summed E-state index contributed by atoms with van der Waals surface area (Å²) >= 11 is 0. The summed E-state index contributed by atoms with van der Waals surface area (Å²) in [4.78, 5) is 10.3. The van der Waals surface area contributed by atoms with Crippen LogP contribution in [0.3, 0.4) is 0 Å². The van der Waals surface area contributed by atoms with Gasteiger partial charge in [-0.2, -0.15) is 0 Å². The summed E-state index contributed by atoms with van der Waals surface area (Å²) in [5.74, 6) is 0. The van der Waals surface area contributed by atoms with E-state index < -0.39 is 10.0 Å². The smallest absolute Gasteiger partial charge is 0.225 e. The summed E-state index contributed by atoms with van der Waals surface area (Å²) in [6.07, 6.45) is 0. The number of nitroso groups, excluding NO2 is 1. The van der Waals surface area contributed by atoms with E-state index in [1.165, 1.54) is 6.07 Å². The number of nitrogens with two attached hydrogens (primary N) is 1. The van der Waals surface area contributed by atoms with Gasteiger partial charge in [0, 0.05) is 0 Å². The summed E-state index contributed by atoms with van der Waals surface area (Å²) in [6.45, 7) is 3.39. The van der Waals surface area contributed by atoms with Gasteiger partial charge in [-0.3, -0.25) is 0 Å². The molecule has 2 N–H and O–H groups in total. The summed E-state index contributed by atoms with van der Waals surface area (Å²) in [5, 5.41) is 7.61. The van der Waals surface area contributed by atoms with Crippen molar-refractivity contribution in [1.82, 2.24) is 0 Å². The van der Waals surface area contributed by atoms with Crippen LogP contribution in [0.1, 0.15) is 11.1 Å². The van der Waals surface area contributed by atoms with Crippen LogP contribution in [0.4, 0.5) is 5.69 Å². The van der Waals surface area contributed by atoms with Crippen molar-refractivity contribution in [3.05, 3.63) is 28.2 Å². The van der Waals surface area contributed by atoms with Crippen LogP contribution in [0.2, 0.25) is 0 Å². The van der Waals surface area contributed by atoms with E-state index >= 15 is 0 Å². The van der Waals surface area contributed by atoms with E-state index in [-0.39, 0.29) is 10.6 Å². The van der Waals surface area contributed by atoms with Crippen molar-refractivity contribution >= 4 is 15.7 Å². The van der Waals surface area contributed by atoms with Crippen LogP contribution >= 0.6 is 0 Å². The molecule has 0 unspecified atom stereocenters. The van der Waals surface area contributed by atoms with Gasteiger partial charge in [-0.1, -0.05) is 6.07 Å². The first-order valence-corrected chi connectivity index (χ1v) is 5.39. The fraction of sp³-hybridized carbons (Fsp3) is 0.250. The van der Waals surface area contributed by atoms with Crippen LogP contribution in [0.25, 0.3) is 0 Å². The quantitative estimate of drug-likeness (QED) is 0.753. The van der Waals surface area contributed by atoms with Gasteiger partial charge in [-0.25, -0.2) is 13.6 Å². The molecule has 0 saturated carbocycles. The Bertz CT molecular complexity index is 480. The van der Waals surface area contributed by atoms with Gasteiger partial charge in [0.25, 0.3) is 0 Å². The lowest BCUT2D eigenvalue weighted by molar-refractivity contribution is 0.598. The summed E-state index contributed by atoms with van der Waals surface area (Å²) < 4.78 is 22.1. The Kier molecular flexibility index (Phi) is 2.68. The van der Waals surface area contributed by atoms with E-state index in [1.54, 1.807) is 19.9 Å². The molecule has 14 heavy (non-hydrogen) atoms. The van der Waals surface area contributed by atoms with E-state index in [4.69, 9.17) is 5.14 Å². The molecule has 0 bridgehead atoms. The summed E-state index contributed by atoms with van der Waals surface area (Å²) in [5.41, 5.74) is 1.23. The van der Waals surface area contributed by atoms with Crippen LogP contribution in [0, 0.1) is 18.8 Å². The molecular weight excluding hydrogens is 204 g/mol. The second-order valence-corrected chi connectivity index (χ2v) is 4.52. The molecule has 0 aliphatic rings. The second kappa shape index (κ2) is 3.47. The molecule has 0 aliphatic carbocycles. The molecule has 1 aromatic carbocycles. The average molecular weight is 214 g/mol. The van der Waals surface area contributed by atoms with E-state index in [0.717, 1.165) is 5.56 Å². The van der Waals surface area contributed by atoms with Crippen molar-refractivity contribution in [2.24, 2.45) is 10.3 Å². The largest absolute Gasteiger partial charge is 0.240 e. The van der Waals surface area contributed by atoms with Crippen LogP contribution in [-0.2, 0) is 10.0 Å². The minimum atomic E-state index is -3.88. The van der Waals surface area contributed by atoms with Gasteiger partial charge in [0.2, 0.25) is 10.0 Å². The molecule has 5 nitrogen and oxygen atoms in total. The monoisotopic (exact) mass is 214 g/mol. The zero-order chi connectivity index (χ0) is 10.9. The Morgan fingerprint density at radius 3 is 2.29 bits per heavy atom. The number of benzene rings is 1. The molecule has 0 spiro atoms. The Balaban J connectivity index is 3.63. The second-order valence-electron chi connectivity index (χ2n) is 2.99. The van der Waals surface area contributed by atoms with Gasteiger partial charge < -0.3 is 0 Å². The molecule has 1 aromatic rings. The molecule has 0 aliphatic heterocycles. The molecule has 0 atom stereocenters. The Morgan fingerprint density at radius 2 is 1.86 bits per heavy atom. The normalized spacial score (nSPS) is 11.4. The third-order valence-corrected chi connectivity index (χ3v) is 3.01. The lowest BCUT2D eigenvalue weighted by Crippen LogP contribution is -2.12. The van der Waals surface area contributed by atoms with Crippen LogP contribution in [0.5, 0.6) is 0 Å². The van der Waals surface area contributed by atoms with Crippen molar-refractivity contribution < 1.29 is 8.42 Å². The fourth-order valence-electron chi connectivity index (χ4n) is 1.12. The molecule has 0 aromatic heterocycles. The standard InChI is InChI=1S/C8H10N2O3S/c1-5-3-4-7(14(9,12)13)8(10-11)6(5)2/h3-4H,1-2H3,(H2,9,12,13). The molecular formula is C8H10N2O3S. The van der Waals surface area contributed by atoms with Crippen molar-refractivity contribution in [3.63, 3.8) is 0 Å². The number of aryl methyl sites for hydroxylation is 1. The molecule has 0 amide bonds. The number of hydrogen-bond acceptors (Lipinski definition) is 4. The van der Waals surface area contributed by atoms with Gasteiger partial charge in [0.15, 0.2) is 0 Å². The minimum Gasteiger partial charge on any atom is -0.225 e. The highest BCUT2D eigenvalue weighted by molar-refractivity contribution is 7.89. The highest BCUT2D eigenvalue weighted by Gasteiger charge is 2.17. The Hall–Kier alpha value is -1.27. The van der Waals surface area contributed by atoms with Crippen molar-refractivity contribution in [3.8, 4) is 0 Å². The zero-order valence-electron chi connectivity index (χ0n) is 7.81. The van der Waals surface area contributed by atoms with Gasteiger partial charge in [-0.15, -0.1) is 4.91 Å². The van der Waals surface area contributed by atoms with Gasteiger partial charge in [0.1, 0.15) is 10.6 Å². The van der Waals surface area contributed by atoms with Gasteiger partial charge in [-0.05, 0) is 36.2 Å². The van der Waals surface area contributed by atoms with E-state index in [2.05, 4.69) is 5.18 Å². The molecule has 6 heteroatoms. The zero-order valence-corrected chi connectivity index (χ0v) is 8.63. The topological polar surface area (TPSA) is 89.6 Å². The first-order valence-electron chi connectivity index (χ1n) is 3.84. The maximum atomic E-state index is 11.1. The van der Waals surface area contributed by atoms with Gasteiger partial charge >= 0.3 is 0 Å². The van der Waals surface area contributed by atoms with Crippen LogP contribution < -0.4 is 5.14 Å². The molecule has 76 valence electrons. The van der Waals surface area contributed by atoms with Crippen LogP contribution in [0.15, 0.2) is 22.2 Å².